The van der Waals surface area contributed by atoms with Crippen LogP contribution in [0.3, 0.4) is 0 Å². The van der Waals surface area contributed by atoms with Crippen LogP contribution in [-0.2, 0) is 11.3 Å². The summed E-state index contributed by atoms with van der Waals surface area (Å²) in [5, 5.41) is 11.7. The molecular weight excluding hydrogens is 268 g/mol. The minimum Gasteiger partial charge on any atom is -0.480 e. The van der Waals surface area contributed by atoms with Gasteiger partial charge >= 0.3 is 12.0 Å². The van der Waals surface area contributed by atoms with Crippen molar-refractivity contribution in [2.75, 3.05) is 7.05 Å². The van der Waals surface area contributed by atoms with Crippen LogP contribution in [0.15, 0.2) is 24.3 Å². The third-order valence-electron chi connectivity index (χ3n) is 3.19. The van der Waals surface area contributed by atoms with Gasteiger partial charge in [-0.1, -0.05) is 43.7 Å². The Kier molecular flexibility index (Phi) is 6.21. The highest BCUT2D eigenvalue weighted by Gasteiger charge is 2.22. The fourth-order valence-corrected chi connectivity index (χ4v) is 1.99. The molecular formula is C16H24N2O3. The molecule has 0 heterocycles. The predicted octanol–water partition coefficient (Wildman–Crippen LogP) is 2.64. The average molecular weight is 292 g/mol. The van der Waals surface area contributed by atoms with E-state index in [0.29, 0.717) is 13.0 Å². The number of nitrogens with zero attached hydrogens (tertiary/aromatic N) is 1. The Bertz CT molecular complexity index is 483. The molecule has 0 saturated carbocycles. The third kappa shape index (κ3) is 5.85. The minimum absolute atomic E-state index is 0.203. The first-order valence-electron chi connectivity index (χ1n) is 7.09. The van der Waals surface area contributed by atoms with Gasteiger partial charge in [0.05, 0.1) is 0 Å². The lowest BCUT2D eigenvalue weighted by Gasteiger charge is -2.22. The molecule has 5 nitrogen and oxygen atoms in total. The van der Waals surface area contributed by atoms with Crippen molar-refractivity contribution in [3.8, 4) is 0 Å². The van der Waals surface area contributed by atoms with Gasteiger partial charge < -0.3 is 15.3 Å². The van der Waals surface area contributed by atoms with Crippen LogP contribution in [0.5, 0.6) is 0 Å². The smallest absolute Gasteiger partial charge is 0.326 e. The van der Waals surface area contributed by atoms with Gasteiger partial charge in [0.2, 0.25) is 0 Å². The summed E-state index contributed by atoms with van der Waals surface area (Å²) in [7, 11) is 1.66. The molecule has 0 bridgehead atoms. The van der Waals surface area contributed by atoms with Crippen LogP contribution in [0.4, 0.5) is 4.79 Å². The highest BCUT2D eigenvalue weighted by molar-refractivity contribution is 5.82. The van der Waals surface area contributed by atoms with E-state index in [1.54, 1.807) is 7.05 Å². The standard InChI is InChI=1S/C16H24N2O3/c1-11(2)9-14(15(19)20)17-16(21)18(4)10-13-7-5-12(3)6-8-13/h5-8,11,14H,9-10H2,1-4H3,(H,17,21)(H,19,20)/t14-/m0/s1. The first-order chi connectivity index (χ1) is 9.79. The van der Waals surface area contributed by atoms with Gasteiger partial charge in [-0.2, -0.15) is 0 Å². The Hall–Kier alpha value is -2.04. The lowest BCUT2D eigenvalue weighted by molar-refractivity contribution is -0.139. The van der Waals surface area contributed by atoms with Gasteiger partial charge in [-0.25, -0.2) is 9.59 Å². The summed E-state index contributed by atoms with van der Waals surface area (Å²) in [6, 6.07) is 6.67. The number of carbonyl (C=O) groups excluding carboxylic acids is 1. The van der Waals surface area contributed by atoms with Crippen molar-refractivity contribution in [2.24, 2.45) is 5.92 Å². The summed E-state index contributed by atoms with van der Waals surface area (Å²) in [6.07, 6.45) is 0.416. The lowest BCUT2D eigenvalue weighted by atomic mass is 10.0. The molecule has 1 aromatic rings. The molecule has 0 saturated heterocycles. The van der Waals surface area contributed by atoms with Gasteiger partial charge in [-0.15, -0.1) is 0 Å². The van der Waals surface area contributed by atoms with Gasteiger partial charge in [0.1, 0.15) is 6.04 Å². The van der Waals surface area contributed by atoms with E-state index in [4.69, 9.17) is 5.11 Å². The van der Waals surface area contributed by atoms with Crippen molar-refractivity contribution < 1.29 is 14.7 Å². The maximum absolute atomic E-state index is 12.1. The second-order valence-electron chi connectivity index (χ2n) is 5.81. The number of carbonyl (C=O) groups is 2. The predicted molar refractivity (Wildman–Crippen MR) is 82.1 cm³/mol. The van der Waals surface area contributed by atoms with Gasteiger partial charge in [0, 0.05) is 13.6 Å². The first-order valence-corrected chi connectivity index (χ1v) is 7.09. The van der Waals surface area contributed by atoms with Crippen LogP contribution < -0.4 is 5.32 Å². The van der Waals surface area contributed by atoms with Crippen LogP contribution in [0.2, 0.25) is 0 Å². The van der Waals surface area contributed by atoms with E-state index >= 15 is 0 Å². The summed E-state index contributed by atoms with van der Waals surface area (Å²) < 4.78 is 0. The molecule has 1 rings (SSSR count). The van der Waals surface area contributed by atoms with E-state index in [0.717, 1.165) is 11.1 Å². The summed E-state index contributed by atoms with van der Waals surface area (Å²) >= 11 is 0. The van der Waals surface area contributed by atoms with Crippen molar-refractivity contribution >= 4 is 12.0 Å². The molecule has 116 valence electrons. The molecule has 5 heteroatoms. The van der Waals surface area contributed by atoms with Gasteiger partial charge in [-0.3, -0.25) is 0 Å². The average Bonchev–Trinajstić information content (AvgIpc) is 2.39. The molecule has 21 heavy (non-hydrogen) atoms. The summed E-state index contributed by atoms with van der Waals surface area (Å²) in [4.78, 5) is 24.7. The first kappa shape index (κ1) is 17.0. The number of amides is 2. The lowest BCUT2D eigenvalue weighted by Crippen LogP contribution is -2.46. The van der Waals surface area contributed by atoms with E-state index in [9.17, 15) is 9.59 Å². The number of carboxylic acids is 1. The van der Waals surface area contributed by atoms with E-state index in [1.807, 2.05) is 45.0 Å². The zero-order valence-electron chi connectivity index (χ0n) is 13.1. The second kappa shape index (κ2) is 7.67. The van der Waals surface area contributed by atoms with Crippen LogP contribution in [0, 0.1) is 12.8 Å². The van der Waals surface area contributed by atoms with E-state index < -0.39 is 12.0 Å². The van der Waals surface area contributed by atoms with Crippen molar-refractivity contribution in [2.45, 2.75) is 39.8 Å². The summed E-state index contributed by atoms with van der Waals surface area (Å²) in [6.45, 7) is 6.31. The molecule has 0 unspecified atom stereocenters. The second-order valence-corrected chi connectivity index (χ2v) is 5.81. The monoisotopic (exact) mass is 292 g/mol. The maximum Gasteiger partial charge on any atom is 0.326 e. The van der Waals surface area contributed by atoms with E-state index in [-0.39, 0.29) is 11.9 Å². The molecule has 2 amide bonds. The van der Waals surface area contributed by atoms with Gasteiger partial charge in [-0.05, 0) is 24.8 Å². The topological polar surface area (TPSA) is 69.6 Å². The van der Waals surface area contributed by atoms with E-state index in [1.165, 1.54) is 4.90 Å². The SMILES string of the molecule is Cc1ccc(CN(C)C(=O)N[C@@H](CC(C)C)C(=O)O)cc1. The van der Waals surface area contributed by atoms with Gasteiger partial charge in [0.25, 0.3) is 0 Å². The molecule has 0 aliphatic carbocycles. The number of carboxylic acid groups (broad SMARTS) is 1. The molecule has 1 aromatic carbocycles. The number of benzene rings is 1. The number of hydrogen-bond donors (Lipinski definition) is 2. The summed E-state index contributed by atoms with van der Waals surface area (Å²) in [5.41, 5.74) is 2.17. The Morgan fingerprint density at radius 1 is 1.24 bits per heavy atom. The number of hydrogen-bond acceptors (Lipinski definition) is 2. The maximum atomic E-state index is 12.1. The molecule has 0 spiro atoms. The highest BCUT2D eigenvalue weighted by atomic mass is 16.4. The molecule has 0 aromatic heterocycles. The number of aliphatic carboxylic acids is 1. The largest absolute Gasteiger partial charge is 0.480 e. The quantitative estimate of drug-likeness (QED) is 0.847. The van der Waals surface area contributed by atoms with Crippen LogP contribution >= 0.6 is 0 Å². The van der Waals surface area contributed by atoms with Crippen molar-refractivity contribution in [3.05, 3.63) is 35.4 Å². The highest BCUT2D eigenvalue weighted by Crippen LogP contribution is 2.08. The van der Waals surface area contributed by atoms with Crippen molar-refractivity contribution in [1.29, 1.82) is 0 Å². The molecule has 2 N–H and O–H groups in total. The fraction of sp³-hybridized carbons (Fsp3) is 0.500. The minimum atomic E-state index is -0.999. The molecule has 0 aliphatic rings. The Morgan fingerprint density at radius 3 is 2.29 bits per heavy atom. The Morgan fingerprint density at radius 2 is 1.81 bits per heavy atom. The number of nitrogens with one attached hydrogen (secondary N) is 1. The number of rotatable bonds is 6. The fourth-order valence-electron chi connectivity index (χ4n) is 1.99. The molecule has 1 atom stereocenters. The zero-order chi connectivity index (χ0) is 16.0. The molecule has 0 aliphatic heterocycles. The van der Waals surface area contributed by atoms with Gasteiger partial charge in [0.15, 0.2) is 0 Å². The van der Waals surface area contributed by atoms with E-state index in [2.05, 4.69) is 5.32 Å². The van der Waals surface area contributed by atoms with Crippen molar-refractivity contribution in [3.63, 3.8) is 0 Å². The number of aryl methyl sites for hydroxylation is 1. The zero-order valence-corrected chi connectivity index (χ0v) is 13.1. The molecule has 0 radical (unpaired) electrons. The Balaban J connectivity index is 2.60. The number of urea groups is 1. The summed E-state index contributed by atoms with van der Waals surface area (Å²) in [5.74, 6) is -0.797. The third-order valence-corrected chi connectivity index (χ3v) is 3.19. The van der Waals surface area contributed by atoms with Crippen molar-refractivity contribution in [1.82, 2.24) is 10.2 Å². The Labute approximate surface area is 126 Å². The normalized spacial score (nSPS) is 12.0. The van der Waals surface area contributed by atoms with Crippen LogP contribution in [-0.4, -0.2) is 35.1 Å². The van der Waals surface area contributed by atoms with Crippen LogP contribution in [0.1, 0.15) is 31.4 Å². The molecule has 0 fully saturated rings. The van der Waals surface area contributed by atoms with Crippen LogP contribution in [0.25, 0.3) is 0 Å².